The third-order valence-corrected chi connectivity index (χ3v) is 3.84. The van der Waals surface area contributed by atoms with Gasteiger partial charge in [0.15, 0.2) is 0 Å². The molecule has 0 bridgehead atoms. The van der Waals surface area contributed by atoms with Gasteiger partial charge >= 0.3 is 5.97 Å². The van der Waals surface area contributed by atoms with E-state index in [9.17, 15) is 9.59 Å². The standard InChI is InChI=1S/C13H15BrN2O3/c1-15-5-6-16(8-12(15)17)9-3-4-10(11(14)7-9)13(18)19-2/h3-4,7H,5-6,8H2,1-2H3. The molecule has 2 rings (SSSR count). The second-order valence-corrected chi connectivity index (χ2v) is 5.25. The topological polar surface area (TPSA) is 49.9 Å². The highest BCUT2D eigenvalue weighted by Crippen LogP contribution is 2.25. The Morgan fingerprint density at radius 3 is 2.68 bits per heavy atom. The van der Waals surface area contributed by atoms with E-state index in [1.165, 1.54) is 7.11 Å². The van der Waals surface area contributed by atoms with Crippen molar-refractivity contribution in [2.24, 2.45) is 0 Å². The van der Waals surface area contributed by atoms with Crippen molar-refractivity contribution in [2.45, 2.75) is 0 Å². The minimum absolute atomic E-state index is 0.0967. The Kier molecular flexibility index (Phi) is 4.09. The number of hydrogen-bond donors (Lipinski definition) is 0. The first-order valence-corrected chi connectivity index (χ1v) is 6.69. The van der Waals surface area contributed by atoms with Crippen LogP contribution in [0.2, 0.25) is 0 Å². The Hall–Kier alpha value is -1.56. The van der Waals surface area contributed by atoms with E-state index in [1.54, 1.807) is 18.0 Å². The summed E-state index contributed by atoms with van der Waals surface area (Å²) in [7, 11) is 3.15. The van der Waals surface area contributed by atoms with Gasteiger partial charge in [-0.3, -0.25) is 4.79 Å². The maximum absolute atomic E-state index is 11.7. The van der Waals surface area contributed by atoms with Crippen molar-refractivity contribution in [3.8, 4) is 0 Å². The molecule has 19 heavy (non-hydrogen) atoms. The monoisotopic (exact) mass is 326 g/mol. The Morgan fingerprint density at radius 1 is 1.37 bits per heavy atom. The Morgan fingerprint density at radius 2 is 2.11 bits per heavy atom. The number of benzene rings is 1. The number of likely N-dealkylation sites (N-methyl/N-ethyl adjacent to an activating group) is 1. The number of ether oxygens (including phenoxy) is 1. The summed E-state index contributed by atoms with van der Waals surface area (Å²) < 4.78 is 5.36. The van der Waals surface area contributed by atoms with Crippen LogP contribution in [0.25, 0.3) is 0 Å². The normalized spacial score (nSPS) is 15.6. The summed E-state index contributed by atoms with van der Waals surface area (Å²) >= 11 is 3.36. The van der Waals surface area contributed by atoms with Gasteiger partial charge in [0.05, 0.1) is 19.2 Å². The molecule has 0 aromatic heterocycles. The van der Waals surface area contributed by atoms with Crippen LogP contribution >= 0.6 is 15.9 Å². The van der Waals surface area contributed by atoms with Crippen LogP contribution in [0.5, 0.6) is 0 Å². The van der Waals surface area contributed by atoms with Crippen LogP contribution in [0.4, 0.5) is 5.69 Å². The number of esters is 1. The first-order valence-electron chi connectivity index (χ1n) is 5.89. The Labute approximate surface area is 120 Å². The number of amides is 1. The molecule has 1 fully saturated rings. The van der Waals surface area contributed by atoms with E-state index >= 15 is 0 Å². The fourth-order valence-corrected chi connectivity index (χ4v) is 2.48. The Balaban J connectivity index is 2.20. The third kappa shape index (κ3) is 2.89. The van der Waals surface area contributed by atoms with E-state index in [2.05, 4.69) is 15.9 Å². The molecular formula is C13H15BrN2O3. The molecule has 0 aliphatic carbocycles. The number of rotatable bonds is 2. The minimum Gasteiger partial charge on any atom is -0.465 e. The summed E-state index contributed by atoms with van der Waals surface area (Å²) in [5.74, 6) is -0.285. The fraction of sp³-hybridized carbons (Fsp3) is 0.385. The molecule has 0 spiro atoms. The molecule has 0 unspecified atom stereocenters. The van der Waals surface area contributed by atoms with Gasteiger partial charge in [-0.15, -0.1) is 0 Å². The molecule has 6 heteroatoms. The van der Waals surface area contributed by atoms with Crippen LogP contribution in [-0.4, -0.2) is 50.6 Å². The molecular weight excluding hydrogens is 312 g/mol. The van der Waals surface area contributed by atoms with Gasteiger partial charge in [0.1, 0.15) is 0 Å². The van der Waals surface area contributed by atoms with Gasteiger partial charge in [0, 0.05) is 30.3 Å². The number of nitrogens with zero attached hydrogens (tertiary/aromatic N) is 2. The first-order chi connectivity index (χ1) is 9.02. The molecule has 1 aromatic rings. The number of anilines is 1. The van der Waals surface area contributed by atoms with Gasteiger partial charge < -0.3 is 14.5 Å². The molecule has 1 heterocycles. The molecule has 1 aliphatic rings. The van der Waals surface area contributed by atoms with Gasteiger partial charge in [-0.1, -0.05) is 0 Å². The minimum atomic E-state index is -0.382. The van der Waals surface area contributed by atoms with Crippen molar-refractivity contribution >= 4 is 33.5 Å². The zero-order valence-electron chi connectivity index (χ0n) is 10.9. The van der Waals surface area contributed by atoms with Crippen molar-refractivity contribution in [3.05, 3.63) is 28.2 Å². The van der Waals surface area contributed by atoms with Crippen LogP contribution in [0.15, 0.2) is 22.7 Å². The molecule has 1 aliphatic heterocycles. The van der Waals surface area contributed by atoms with Crippen molar-refractivity contribution < 1.29 is 14.3 Å². The van der Waals surface area contributed by atoms with Gasteiger partial charge in [-0.25, -0.2) is 4.79 Å². The van der Waals surface area contributed by atoms with Crippen molar-refractivity contribution in [3.63, 3.8) is 0 Å². The van der Waals surface area contributed by atoms with E-state index in [-0.39, 0.29) is 11.9 Å². The average molecular weight is 327 g/mol. The van der Waals surface area contributed by atoms with E-state index < -0.39 is 0 Å². The Bertz CT molecular complexity index is 519. The van der Waals surface area contributed by atoms with Crippen molar-refractivity contribution in [1.82, 2.24) is 4.90 Å². The lowest BCUT2D eigenvalue weighted by atomic mass is 10.2. The number of piperazine rings is 1. The average Bonchev–Trinajstić information content (AvgIpc) is 2.41. The summed E-state index contributed by atoms with van der Waals surface area (Å²) in [5.41, 5.74) is 1.40. The summed E-state index contributed by atoms with van der Waals surface area (Å²) in [4.78, 5) is 26.9. The van der Waals surface area contributed by atoms with Gasteiger partial charge in [0.2, 0.25) is 5.91 Å². The van der Waals surface area contributed by atoms with Crippen LogP contribution < -0.4 is 4.90 Å². The zero-order valence-corrected chi connectivity index (χ0v) is 12.4. The number of methoxy groups -OCH3 is 1. The van der Waals surface area contributed by atoms with E-state index in [0.717, 1.165) is 12.2 Å². The van der Waals surface area contributed by atoms with Gasteiger partial charge in [0.25, 0.3) is 0 Å². The van der Waals surface area contributed by atoms with E-state index in [1.807, 2.05) is 17.0 Å². The maximum atomic E-state index is 11.7. The number of hydrogen-bond acceptors (Lipinski definition) is 4. The molecule has 1 amide bonds. The molecule has 1 aromatic carbocycles. The molecule has 102 valence electrons. The summed E-state index contributed by atoms with van der Waals surface area (Å²) in [6, 6.07) is 5.37. The highest BCUT2D eigenvalue weighted by molar-refractivity contribution is 9.10. The van der Waals surface area contributed by atoms with Crippen LogP contribution in [0.1, 0.15) is 10.4 Å². The largest absolute Gasteiger partial charge is 0.465 e. The quantitative estimate of drug-likeness (QED) is 0.773. The van der Waals surface area contributed by atoms with Gasteiger partial charge in [-0.2, -0.15) is 0 Å². The second kappa shape index (κ2) is 5.61. The predicted molar refractivity (Wildman–Crippen MR) is 75.3 cm³/mol. The fourth-order valence-electron chi connectivity index (χ4n) is 1.96. The second-order valence-electron chi connectivity index (χ2n) is 4.39. The molecule has 0 radical (unpaired) electrons. The highest BCUT2D eigenvalue weighted by atomic mass is 79.9. The smallest absolute Gasteiger partial charge is 0.339 e. The maximum Gasteiger partial charge on any atom is 0.339 e. The summed E-state index contributed by atoms with van der Waals surface area (Å²) in [6.45, 7) is 1.85. The molecule has 1 saturated heterocycles. The lowest BCUT2D eigenvalue weighted by Gasteiger charge is -2.33. The van der Waals surface area contributed by atoms with E-state index in [0.29, 0.717) is 23.1 Å². The SMILES string of the molecule is COC(=O)c1ccc(N2CCN(C)C(=O)C2)cc1Br. The molecule has 0 N–H and O–H groups in total. The summed E-state index contributed by atoms with van der Waals surface area (Å²) in [6.07, 6.45) is 0. The number of halogens is 1. The number of carbonyl (C=O) groups is 2. The lowest BCUT2D eigenvalue weighted by molar-refractivity contribution is -0.129. The van der Waals surface area contributed by atoms with Crippen molar-refractivity contribution in [1.29, 1.82) is 0 Å². The lowest BCUT2D eigenvalue weighted by Crippen LogP contribution is -2.48. The van der Waals surface area contributed by atoms with Gasteiger partial charge in [-0.05, 0) is 34.1 Å². The first kappa shape index (κ1) is 13.9. The molecule has 0 saturated carbocycles. The van der Waals surface area contributed by atoms with Crippen LogP contribution in [0, 0.1) is 0 Å². The zero-order chi connectivity index (χ0) is 14.0. The predicted octanol–water partition coefficient (Wildman–Crippen LogP) is 1.51. The molecule has 0 atom stereocenters. The van der Waals surface area contributed by atoms with E-state index in [4.69, 9.17) is 4.74 Å². The number of carbonyl (C=O) groups excluding carboxylic acids is 2. The van der Waals surface area contributed by atoms with Crippen LogP contribution in [-0.2, 0) is 9.53 Å². The van der Waals surface area contributed by atoms with Crippen LogP contribution in [0.3, 0.4) is 0 Å². The molecule has 5 nitrogen and oxygen atoms in total. The highest BCUT2D eigenvalue weighted by Gasteiger charge is 2.22. The summed E-state index contributed by atoms with van der Waals surface area (Å²) in [5, 5.41) is 0. The third-order valence-electron chi connectivity index (χ3n) is 3.18. The van der Waals surface area contributed by atoms with Crippen molar-refractivity contribution in [2.75, 3.05) is 38.7 Å².